The van der Waals surface area contributed by atoms with E-state index in [1.807, 2.05) is 0 Å². The molecular formula is C8H6ClNO2. The Kier molecular flexibility index (Phi) is 2.45. The van der Waals surface area contributed by atoms with Crippen molar-refractivity contribution in [2.24, 2.45) is 0 Å². The fourth-order valence-electron chi connectivity index (χ4n) is 0.950. The topological polar surface area (TPSA) is 43.1 Å². The molecule has 0 saturated heterocycles. The first-order chi connectivity index (χ1) is 5.38. The van der Waals surface area contributed by atoms with Crippen molar-refractivity contribution in [2.45, 2.75) is 0 Å². The summed E-state index contributed by atoms with van der Waals surface area (Å²) in [6.45, 7) is 0. The van der Waals surface area contributed by atoms with Gasteiger partial charge in [-0.3, -0.25) is 4.79 Å². The summed E-state index contributed by atoms with van der Waals surface area (Å²) in [5.41, 5.74) is 0.423. The number of fused-ring (bicyclic) bond motifs is 1. The van der Waals surface area contributed by atoms with Crippen molar-refractivity contribution >= 4 is 23.4 Å². The lowest BCUT2D eigenvalue weighted by Gasteiger charge is -1.89. The fourth-order valence-corrected chi connectivity index (χ4v) is 0.950. The van der Waals surface area contributed by atoms with Crippen LogP contribution in [-0.2, 0) is 0 Å². The van der Waals surface area contributed by atoms with Gasteiger partial charge in [-0.1, -0.05) is 17.3 Å². The Morgan fingerprint density at radius 2 is 2.00 bits per heavy atom. The van der Waals surface area contributed by atoms with Gasteiger partial charge in [-0.2, -0.15) is 0 Å². The molecule has 12 heavy (non-hydrogen) atoms. The predicted molar refractivity (Wildman–Crippen MR) is 47.5 cm³/mol. The zero-order valence-electron chi connectivity index (χ0n) is 6.06. The highest BCUT2D eigenvalue weighted by Crippen LogP contribution is 2.05. The van der Waals surface area contributed by atoms with E-state index < -0.39 is 0 Å². The van der Waals surface area contributed by atoms with Gasteiger partial charge >= 0.3 is 0 Å². The van der Waals surface area contributed by atoms with E-state index in [1.165, 1.54) is 6.20 Å². The summed E-state index contributed by atoms with van der Waals surface area (Å²) in [5, 5.41) is 4.00. The van der Waals surface area contributed by atoms with Crippen LogP contribution in [0.25, 0.3) is 11.0 Å². The first kappa shape index (κ1) is 8.74. The summed E-state index contributed by atoms with van der Waals surface area (Å²) in [5.74, 6) is 0. The van der Waals surface area contributed by atoms with Gasteiger partial charge in [0.2, 0.25) is 5.43 Å². The van der Waals surface area contributed by atoms with Gasteiger partial charge < -0.3 is 4.52 Å². The van der Waals surface area contributed by atoms with E-state index in [4.69, 9.17) is 4.52 Å². The van der Waals surface area contributed by atoms with E-state index in [2.05, 4.69) is 5.16 Å². The molecule has 4 heteroatoms. The van der Waals surface area contributed by atoms with Crippen molar-refractivity contribution < 1.29 is 4.52 Å². The molecule has 0 atom stereocenters. The maximum absolute atomic E-state index is 11.1. The number of halogens is 1. The number of benzene rings is 1. The van der Waals surface area contributed by atoms with Gasteiger partial charge in [-0.05, 0) is 12.1 Å². The third-order valence-corrected chi connectivity index (χ3v) is 1.47. The molecular weight excluding hydrogens is 178 g/mol. The Morgan fingerprint density at radius 3 is 2.75 bits per heavy atom. The molecule has 0 radical (unpaired) electrons. The molecule has 1 aromatic heterocycles. The van der Waals surface area contributed by atoms with E-state index in [0.717, 1.165) is 0 Å². The van der Waals surface area contributed by atoms with Gasteiger partial charge in [0.25, 0.3) is 0 Å². The van der Waals surface area contributed by atoms with Gasteiger partial charge in [0.05, 0.1) is 5.39 Å². The molecule has 3 nitrogen and oxygen atoms in total. The first-order valence-corrected chi connectivity index (χ1v) is 3.22. The zero-order valence-corrected chi connectivity index (χ0v) is 6.88. The molecule has 0 bridgehead atoms. The number of hydrogen-bond acceptors (Lipinski definition) is 3. The van der Waals surface area contributed by atoms with Crippen molar-refractivity contribution in [3.63, 3.8) is 0 Å². The highest BCUT2D eigenvalue weighted by atomic mass is 35.5. The molecule has 0 N–H and O–H groups in total. The van der Waals surface area contributed by atoms with Gasteiger partial charge in [0.15, 0.2) is 5.58 Å². The van der Waals surface area contributed by atoms with Gasteiger partial charge in [0, 0.05) is 0 Å². The van der Waals surface area contributed by atoms with Crippen LogP contribution >= 0.6 is 12.4 Å². The minimum absolute atomic E-state index is 0. The molecule has 0 spiro atoms. The molecule has 1 heterocycles. The highest BCUT2D eigenvalue weighted by Gasteiger charge is 1.96. The van der Waals surface area contributed by atoms with Gasteiger partial charge in [-0.15, -0.1) is 12.4 Å². The zero-order chi connectivity index (χ0) is 7.68. The molecule has 0 fully saturated rings. The van der Waals surface area contributed by atoms with E-state index in [-0.39, 0.29) is 17.8 Å². The lowest BCUT2D eigenvalue weighted by molar-refractivity contribution is 0.440. The number of aromatic nitrogens is 1. The second-order valence-electron chi connectivity index (χ2n) is 2.19. The Labute approximate surface area is 74.4 Å². The van der Waals surface area contributed by atoms with Crippen LogP contribution in [0.4, 0.5) is 0 Å². The van der Waals surface area contributed by atoms with Gasteiger partial charge in [-0.25, -0.2) is 0 Å². The predicted octanol–water partition coefficient (Wildman–Crippen LogP) is 1.61. The molecule has 62 valence electrons. The Balaban J connectivity index is 0.000000720. The Bertz CT molecular complexity index is 433. The maximum atomic E-state index is 11.1. The van der Waals surface area contributed by atoms with E-state index >= 15 is 0 Å². The van der Waals surface area contributed by atoms with Crippen molar-refractivity contribution in [1.82, 2.24) is 5.16 Å². The largest absolute Gasteiger partial charge is 0.356 e. The summed E-state index contributed by atoms with van der Waals surface area (Å²) >= 11 is 0. The summed E-state index contributed by atoms with van der Waals surface area (Å²) in [7, 11) is 0. The molecule has 0 saturated carbocycles. The molecule has 0 aliphatic rings. The van der Waals surface area contributed by atoms with Crippen LogP contribution < -0.4 is 5.43 Å². The Morgan fingerprint density at radius 1 is 1.25 bits per heavy atom. The minimum atomic E-state index is -0.105. The lowest BCUT2D eigenvalue weighted by atomic mass is 10.2. The van der Waals surface area contributed by atoms with Gasteiger partial charge in [0.1, 0.15) is 6.20 Å². The van der Waals surface area contributed by atoms with Crippen molar-refractivity contribution in [3.8, 4) is 0 Å². The number of rotatable bonds is 0. The second-order valence-corrected chi connectivity index (χ2v) is 2.19. The molecule has 2 aromatic rings. The van der Waals surface area contributed by atoms with E-state index in [9.17, 15) is 4.79 Å². The van der Waals surface area contributed by atoms with E-state index in [1.54, 1.807) is 24.3 Å². The normalized spacial score (nSPS) is 9.33. The first-order valence-electron chi connectivity index (χ1n) is 3.22. The van der Waals surface area contributed by atoms with E-state index in [0.29, 0.717) is 11.0 Å². The fraction of sp³-hybridized carbons (Fsp3) is 0. The SMILES string of the molecule is Cl.O=c1cnoc2ccccc12. The average molecular weight is 184 g/mol. The Hall–Kier alpha value is -1.35. The third kappa shape index (κ3) is 1.31. The summed E-state index contributed by atoms with van der Waals surface area (Å²) in [6.07, 6.45) is 1.17. The molecule has 1 aromatic carbocycles. The molecule has 2 rings (SSSR count). The average Bonchev–Trinajstić information content (AvgIpc) is 2.06. The number of nitrogens with zero attached hydrogens (tertiary/aromatic N) is 1. The van der Waals surface area contributed by atoms with Crippen LogP contribution in [0, 0.1) is 0 Å². The highest BCUT2D eigenvalue weighted by molar-refractivity contribution is 5.85. The van der Waals surface area contributed by atoms with Crippen LogP contribution in [0.1, 0.15) is 0 Å². The van der Waals surface area contributed by atoms with Crippen molar-refractivity contribution in [2.75, 3.05) is 0 Å². The number of para-hydroxylation sites is 1. The molecule has 0 unspecified atom stereocenters. The molecule has 0 aliphatic heterocycles. The standard InChI is InChI=1S/C8H5NO2.ClH/c10-7-5-9-11-8-4-2-1-3-6(7)8;/h1-5H;1H. The maximum Gasteiger partial charge on any atom is 0.211 e. The van der Waals surface area contributed by atoms with Crippen LogP contribution in [0.2, 0.25) is 0 Å². The molecule has 0 amide bonds. The lowest BCUT2D eigenvalue weighted by Crippen LogP contribution is -1.99. The third-order valence-electron chi connectivity index (χ3n) is 1.47. The quantitative estimate of drug-likeness (QED) is 0.623. The summed E-state index contributed by atoms with van der Waals surface area (Å²) in [4.78, 5) is 11.1. The molecule has 0 aliphatic carbocycles. The summed E-state index contributed by atoms with van der Waals surface area (Å²) < 4.78 is 4.84. The van der Waals surface area contributed by atoms with Crippen LogP contribution in [0.5, 0.6) is 0 Å². The number of hydrogen-bond donors (Lipinski definition) is 0. The van der Waals surface area contributed by atoms with Crippen molar-refractivity contribution in [3.05, 3.63) is 40.7 Å². The summed E-state index contributed by atoms with van der Waals surface area (Å²) in [6, 6.07) is 7.01. The van der Waals surface area contributed by atoms with Crippen LogP contribution in [0.15, 0.2) is 39.8 Å². The van der Waals surface area contributed by atoms with Crippen LogP contribution in [-0.4, -0.2) is 5.16 Å². The van der Waals surface area contributed by atoms with Crippen molar-refractivity contribution in [1.29, 1.82) is 0 Å². The second kappa shape index (κ2) is 3.36. The monoisotopic (exact) mass is 183 g/mol. The smallest absolute Gasteiger partial charge is 0.211 e. The minimum Gasteiger partial charge on any atom is -0.356 e. The van der Waals surface area contributed by atoms with Crippen LogP contribution in [0.3, 0.4) is 0 Å².